The van der Waals surface area contributed by atoms with Crippen LogP contribution >= 0.6 is 22.6 Å². The lowest BCUT2D eigenvalue weighted by Crippen LogP contribution is -2.37. The van der Waals surface area contributed by atoms with E-state index in [1.807, 2.05) is 13.0 Å². The number of fused-ring (bicyclic) bond motifs is 2. The Hall–Kier alpha value is -0.430. The Kier molecular flexibility index (Phi) is 2.31. The molecular formula is C10H12IN3O. The van der Waals surface area contributed by atoms with Crippen molar-refractivity contribution < 1.29 is 4.74 Å². The molecule has 3 rings (SSSR count). The highest BCUT2D eigenvalue weighted by Crippen LogP contribution is 2.31. The van der Waals surface area contributed by atoms with Crippen molar-refractivity contribution in [2.75, 3.05) is 18.1 Å². The molecule has 1 aromatic rings. The maximum atomic E-state index is 5.58. The van der Waals surface area contributed by atoms with Gasteiger partial charge in [0.2, 0.25) is 0 Å². The molecule has 2 fully saturated rings. The Bertz CT molecular complexity index is 378. The first-order chi connectivity index (χ1) is 7.22. The smallest absolute Gasteiger partial charge is 0.133 e. The van der Waals surface area contributed by atoms with Crippen molar-refractivity contribution in [3.63, 3.8) is 0 Å². The van der Waals surface area contributed by atoms with Gasteiger partial charge >= 0.3 is 0 Å². The van der Waals surface area contributed by atoms with Crippen LogP contribution in [0.5, 0.6) is 0 Å². The van der Waals surface area contributed by atoms with Crippen LogP contribution in [0.2, 0.25) is 0 Å². The molecule has 0 radical (unpaired) electrons. The summed E-state index contributed by atoms with van der Waals surface area (Å²) < 4.78 is 6.59. The van der Waals surface area contributed by atoms with E-state index in [-0.39, 0.29) is 0 Å². The number of ether oxygens (including phenoxy) is 1. The highest BCUT2D eigenvalue weighted by Gasteiger charge is 2.39. The van der Waals surface area contributed by atoms with Crippen molar-refractivity contribution in [3.05, 3.63) is 15.6 Å². The summed E-state index contributed by atoms with van der Waals surface area (Å²) in [5, 5.41) is 0. The maximum Gasteiger partial charge on any atom is 0.133 e. The van der Waals surface area contributed by atoms with Crippen LogP contribution in [0.25, 0.3) is 0 Å². The summed E-state index contributed by atoms with van der Waals surface area (Å²) in [6.07, 6.45) is 1.57. The van der Waals surface area contributed by atoms with E-state index in [1.54, 1.807) is 0 Å². The Morgan fingerprint density at radius 1 is 1.53 bits per heavy atom. The summed E-state index contributed by atoms with van der Waals surface area (Å²) in [5.41, 5.74) is 0. The molecule has 4 nitrogen and oxygen atoms in total. The lowest BCUT2D eigenvalue weighted by molar-refractivity contribution is 0.0988. The van der Waals surface area contributed by atoms with Crippen molar-refractivity contribution in [2.24, 2.45) is 0 Å². The second-order valence-corrected chi connectivity index (χ2v) is 5.20. The molecule has 2 aliphatic heterocycles. The number of morpholine rings is 1. The number of halogens is 1. The minimum atomic E-state index is 0.419. The predicted molar refractivity (Wildman–Crippen MR) is 65.0 cm³/mol. The van der Waals surface area contributed by atoms with Gasteiger partial charge in [0, 0.05) is 12.6 Å². The molecular weight excluding hydrogens is 305 g/mol. The maximum absolute atomic E-state index is 5.58. The molecule has 0 saturated carbocycles. The van der Waals surface area contributed by atoms with E-state index in [0.29, 0.717) is 12.1 Å². The van der Waals surface area contributed by atoms with E-state index in [9.17, 15) is 0 Å². The van der Waals surface area contributed by atoms with Gasteiger partial charge in [0.1, 0.15) is 15.3 Å². The van der Waals surface area contributed by atoms with Crippen LogP contribution in [0.15, 0.2) is 6.07 Å². The summed E-state index contributed by atoms with van der Waals surface area (Å²) in [6.45, 7) is 3.78. The highest BCUT2D eigenvalue weighted by atomic mass is 127. The van der Waals surface area contributed by atoms with Gasteiger partial charge in [0.05, 0.1) is 18.8 Å². The molecule has 1 aromatic heterocycles. The zero-order valence-corrected chi connectivity index (χ0v) is 10.6. The quantitative estimate of drug-likeness (QED) is 0.579. The summed E-state index contributed by atoms with van der Waals surface area (Å²) >= 11 is 2.24. The van der Waals surface area contributed by atoms with Gasteiger partial charge in [-0.3, -0.25) is 0 Å². The summed E-state index contributed by atoms with van der Waals surface area (Å²) in [6, 6.07) is 2.58. The molecule has 3 heterocycles. The molecule has 15 heavy (non-hydrogen) atoms. The molecule has 2 atom stereocenters. The first-order valence-electron chi connectivity index (χ1n) is 5.12. The molecule has 0 aliphatic carbocycles. The van der Waals surface area contributed by atoms with Crippen molar-refractivity contribution in [1.29, 1.82) is 0 Å². The average molecular weight is 317 g/mol. The van der Waals surface area contributed by atoms with Crippen LogP contribution in [0.3, 0.4) is 0 Å². The molecule has 0 aromatic carbocycles. The topological polar surface area (TPSA) is 38.2 Å². The minimum absolute atomic E-state index is 0.419. The Morgan fingerprint density at radius 3 is 3.00 bits per heavy atom. The molecule has 80 valence electrons. The molecule has 0 spiro atoms. The van der Waals surface area contributed by atoms with E-state index >= 15 is 0 Å². The number of aryl methyl sites for hydroxylation is 1. The van der Waals surface area contributed by atoms with Crippen molar-refractivity contribution in [3.8, 4) is 0 Å². The van der Waals surface area contributed by atoms with Gasteiger partial charge in [0.25, 0.3) is 0 Å². The molecule has 2 bridgehead atoms. The number of aromatic nitrogens is 2. The van der Waals surface area contributed by atoms with Crippen molar-refractivity contribution in [2.45, 2.75) is 25.5 Å². The minimum Gasteiger partial charge on any atom is -0.374 e. The fourth-order valence-corrected chi connectivity index (χ4v) is 2.97. The lowest BCUT2D eigenvalue weighted by Gasteiger charge is -2.27. The number of hydrogen-bond acceptors (Lipinski definition) is 4. The molecule has 2 saturated heterocycles. The molecule has 0 amide bonds. The number of nitrogens with zero attached hydrogens (tertiary/aromatic N) is 3. The third kappa shape index (κ3) is 1.71. The summed E-state index contributed by atoms with van der Waals surface area (Å²) in [7, 11) is 0. The number of rotatable bonds is 1. The summed E-state index contributed by atoms with van der Waals surface area (Å²) in [4.78, 5) is 11.1. The second-order valence-electron chi connectivity index (χ2n) is 4.09. The first-order valence-corrected chi connectivity index (χ1v) is 6.19. The van der Waals surface area contributed by atoms with Gasteiger partial charge in [-0.15, -0.1) is 0 Å². The van der Waals surface area contributed by atoms with E-state index < -0.39 is 0 Å². The van der Waals surface area contributed by atoms with Crippen LogP contribution in [0.1, 0.15) is 12.2 Å². The third-order valence-electron chi connectivity index (χ3n) is 2.99. The van der Waals surface area contributed by atoms with Crippen molar-refractivity contribution >= 4 is 28.4 Å². The number of anilines is 1. The van der Waals surface area contributed by atoms with E-state index in [0.717, 1.165) is 34.9 Å². The molecule has 0 N–H and O–H groups in total. The first kappa shape index (κ1) is 9.77. The molecule has 2 aliphatic rings. The SMILES string of the molecule is Cc1nc(I)cc(N2C[C@@H]3C[C@H]2CO3)n1. The third-order valence-corrected chi connectivity index (χ3v) is 3.54. The molecule has 0 unspecified atom stereocenters. The fraction of sp³-hybridized carbons (Fsp3) is 0.600. The van der Waals surface area contributed by atoms with Gasteiger partial charge in [-0.05, 0) is 35.9 Å². The largest absolute Gasteiger partial charge is 0.374 e. The van der Waals surface area contributed by atoms with Gasteiger partial charge in [-0.2, -0.15) is 0 Å². The zero-order valence-electron chi connectivity index (χ0n) is 8.48. The Morgan fingerprint density at radius 2 is 2.40 bits per heavy atom. The van der Waals surface area contributed by atoms with Crippen molar-refractivity contribution in [1.82, 2.24) is 9.97 Å². The summed E-state index contributed by atoms with van der Waals surface area (Å²) in [5.74, 6) is 1.91. The van der Waals surface area contributed by atoms with Crippen LogP contribution < -0.4 is 4.90 Å². The van der Waals surface area contributed by atoms with Gasteiger partial charge in [0.15, 0.2) is 0 Å². The predicted octanol–water partition coefficient (Wildman–Crippen LogP) is 1.37. The number of hydrogen-bond donors (Lipinski definition) is 0. The highest BCUT2D eigenvalue weighted by molar-refractivity contribution is 14.1. The fourth-order valence-electron chi connectivity index (χ4n) is 2.34. The van der Waals surface area contributed by atoms with Gasteiger partial charge < -0.3 is 9.64 Å². The monoisotopic (exact) mass is 317 g/mol. The van der Waals surface area contributed by atoms with E-state index in [4.69, 9.17) is 4.74 Å². The molecule has 5 heteroatoms. The lowest BCUT2D eigenvalue weighted by atomic mass is 10.2. The van der Waals surface area contributed by atoms with Crippen LogP contribution in [0.4, 0.5) is 5.82 Å². The van der Waals surface area contributed by atoms with Gasteiger partial charge in [-0.1, -0.05) is 0 Å². The normalized spacial score (nSPS) is 28.8. The van der Waals surface area contributed by atoms with Crippen LogP contribution in [0, 0.1) is 10.6 Å². The van der Waals surface area contributed by atoms with E-state index in [2.05, 4.69) is 37.5 Å². The standard InChI is InChI=1S/C10H12IN3O/c1-6-12-9(11)3-10(13-6)14-4-8-2-7(14)5-15-8/h3,7-8H,2,4-5H2,1H3/t7-,8-/m0/s1. The van der Waals surface area contributed by atoms with Gasteiger partial charge in [-0.25, -0.2) is 9.97 Å². The average Bonchev–Trinajstić information content (AvgIpc) is 2.76. The van der Waals surface area contributed by atoms with Crippen LogP contribution in [-0.2, 0) is 4.74 Å². The van der Waals surface area contributed by atoms with Crippen LogP contribution in [-0.4, -0.2) is 35.3 Å². The zero-order chi connectivity index (χ0) is 10.4. The van der Waals surface area contributed by atoms with E-state index in [1.165, 1.54) is 0 Å². The second kappa shape index (κ2) is 3.55. The Labute approximate surface area is 102 Å². The Balaban J connectivity index is 1.93.